The van der Waals surface area contributed by atoms with Crippen molar-refractivity contribution in [3.63, 3.8) is 0 Å². The van der Waals surface area contributed by atoms with Crippen molar-refractivity contribution in [3.05, 3.63) is 52.0 Å². The van der Waals surface area contributed by atoms with E-state index >= 15 is 0 Å². The van der Waals surface area contributed by atoms with Gasteiger partial charge in [-0.15, -0.1) is 11.3 Å². The molecule has 0 aliphatic carbocycles. The minimum Gasteiger partial charge on any atom is -0.305 e. The first-order valence-electron chi connectivity index (χ1n) is 7.65. The van der Waals surface area contributed by atoms with Crippen molar-refractivity contribution in [2.75, 3.05) is 13.1 Å². The smallest absolute Gasteiger partial charge is 0.0795 e. The van der Waals surface area contributed by atoms with Crippen LogP contribution in [0.5, 0.6) is 0 Å². The van der Waals surface area contributed by atoms with Crippen molar-refractivity contribution >= 4 is 11.3 Å². The molecule has 0 saturated heterocycles. The van der Waals surface area contributed by atoms with Crippen LogP contribution >= 0.6 is 11.3 Å². The van der Waals surface area contributed by atoms with Gasteiger partial charge in [0.25, 0.3) is 0 Å². The molecule has 0 radical (unpaired) electrons. The molecule has 0 fully saturated rings. The second kappa shape index (κ2) is 8.27. The Morgan fingerprint density at radius 3 is 2.52 bits per heavy atom. The molecule has 0 spiro atoms. The Bertz CT molecular complexity index is 521. The van der Waals surface area contributed by atoms with Gasteiger partial charge in [0.05, 0.1) is 11.2 Å². The maximum absolute atomic E-state index is 4.37. The van der Waals surface area contributed by atoms with Crippen molar-refractivity contribution < 1.29 is 0 Å². The first-order chi connectivity index (χ1) is 10.2. The van der Waals surface area contributed by atoms with Gasteiger partial charge in [-0.05, 0) is 31.1 Å². The molecule has 0 amide bonds. The van der Waals surface area contributed by atoms with E-state index < -0.39 is 0 Å². The van der Waals surface area contributed by atoms with Crippen LogP contribution in [0.1, 0.15) is 43.6 Å². The zero-order valence-electron chi connectivity index (χ0n) is 13.2. The lowest BCUT2D eigenvalue weighted by Gasteiger charge is -2.21. The Kier molecular flexibility index (Phi) is 6.36. The molecule has 1 heterocycles. The SMILES string of the molecule is CCN(CC)Cc1ccccc1CNC(C)c1cscn1. The highest BCUT2D eigenvalue weighted by atomic mass is 32.1. The van der Waals surface area contributed by atoms with Gasteiger partial charge in [-0.3, -0.25) is 4.90 Å². The lowest BCUT2D eigenvalue weighted by atomic mass is 10.1. The second-order valence-electron chi connectivity index (χ2n) is 5.25. The van der Waals surface area contributed by atoms with E-state index in [0.717, 1.165) is 31.9 Å². The molecule has 114 valence electrons. The van der Waals surface area contributed by atoms with E-state index in [1.807, 2.05) is 5.51 Å². The van der Waals surface area contributed by atoms with Crippen molar-refractivity contribution in [1.29, 1.82) is 0 Å². The number of aromatic nitrogens is 1. The maximum Gasteiger partial charge on any atom is 0.0795 e. The van der Waals surface area contributed by atoms with E-state index in [4.69, 9.17) is 0 Å². The van der Waals surface area contributed by atoms with Crippen LogP contribution in [0.3, 0.4) is 0 Å². The Balaban J connectivity index is 1.99. The minimum absolute atomic E-state index is 0.290. The zero-order chi connectivity index (χ0) is 15.1. The quantitative estimate of drug-likeness (QED) is 0.803. The van der Waals surface area contributed by atoms with Gasteiger partial charge in [-0.25, -0.2) is 4.98 Å². The normalized spacial score (nSPS) is 12.8. The van der Waals surface area contributed by atoms with Gasteiger partial charge < -0.3 is 5.32 Å². The van der Waals surface area contributed by atoms with E-state index in [9.17, 15) is 0 Å². The summed E-state index contributed by atoms with van der Waals surface area (Å²) in [6.07, 6.45) is 0. The number of hydrogen-bond donors (Lipinski definition) is 1. The van der Waals surface area contributed by atoms with Crippen LogP contribution in [0.2, 0.25) is 0 Å². The summed E-state index contributed by atoms with van der Waals surface area (Å²) in [7, 11) is 0. The van der Waals surface area contributed by atoms with E-state index in [1.54, 1.807) is 11.3 Å². The molecule has 1 atom stereocenters. The summed E-state index contributed by atoms with van der Waals surface area (Å²) in [5.41, 5.74) is 5.81. The number of nitrogens with zero attached hydrogens (tertiary/aromatic N) is 2. The van der Waals surface area contributed by atoms with Crippen LogP contribution < -0.4 is 5.32 Å². The third-order valence-corrected chi connectivity index (χ3v) is 4.51. The van der Waals surface area contributed by atoms with Crippen LogP contribution in [-0.4, -0.2) is 23.0 Å². The maximum atomic E-state index is 4.37. The molecule has 2 aromatic rings. The number of rotatable bonds is 8. The first-order valence-corrected chi connectivity index (χ1v) is 8.59. The van der Waals surface area contributed by atoms with Crippen molar-refractivity contribution in [2.24, 2.45) is 0 Å². The topological polar surface area (TPSA) is 28.2 Å². The average molecular weight is 303 g/mol. The molecule has 0 saturated carbocycles. The average Bonchev–Trinajstić information content (AvgIpc) is 3.05. The third kappa shape index (κ3) is 4.63. The second-order valence-corrected chi connectivity index (χ2v) is 5.96. The van der Waals surface area contributed by atoms with Crippen LogP contribution in [-0.2, 0) is 13.1 Å². The van der Waals surface area contributed by atoms with E-state index in [0.29, 0.717) is 0 Å². The number of hydrogen-bond acceptors (Lipinski definition) is 4. The third-order valence-electron chi connectivity index (χ3n) is 3.90. The highest BCUT2D eigenvalue weighted by molar-refractivity contribution is 7.07. The number of thiazole rings is 1. The van der Waals surface area contributed by atoms with Gasteiger partial charge in [0.1, 0.15) is 0 Å². The monoisotopic (exact) mass is 303 g/mol. The van der Waals surface area contributed by atoms with E-state index in [2.05, 4.69) is 65.6 Å². The fourth-order valence-electron chi connectivity index (χ4n) is 2.38. The predicted molar refractivity (Wildman–Crippen MR) is 90.4 cm³/mol. The molecule has 1 unspecified atom stereocenters. The summed E-state index contributed by atoms with van der Waals surface area (Å²) in [6.45, 7) is 10.7. The summed E-state index contributed by atoms with van der Waals surface area (Å²) >= 11 is 1.65. The Morgan fingerprint density at radius 1 is 1.19 bits per heavy atom. The van der Waals surface area contributed by atoms with Gasteiger partial charge in [-0.2, -0.15) is 0 Å². The number of benzene rings is 1. The molecular weight excluding hydrogens is 278 g/mol. The molecule has 2 rings (SSSR count). The van der Waals surface area contributed by atoms with Gasteiger partial charge in [0.15, 0.2) is 0 Å². The molecule has 1 aromatic heterocycles. The molecule has 21 heavy (non-hydrogen) atoms. The molecule has 3 nitrogen and oxygen atoms in total. The predicted octanol–water partition coefficient (Wildman–Crippen LogP) is 3.84. The molecule has 0 bridgehead atoms. The molecule has 1 aromatic carbocycles. The molecule has 1 N–H and O–H groups in total. The van der Waals surface area contributed by atoms with Crippen molar-refractivity contribution in [1.82, 2.24) is 15.2 Å². The number of nitrogens with one attached hydrogen (secondary N) is 1. The fourth-order valence-corrected chi connectivity index (χ4v) is 3.02. The standard InChI is InChI=1S/C17H25N3S/c1-4-20(5-2)11-16-9-7-6-8-15(16)10-18-14(3)17-12-21-13-19-17/h6-9,12-14,18H,4-5,10-11H2,1-3H3. The highest BCUT2D eigenvalue weighted by Gasteiger charge is 2.09. The van der Waals surface area contributed by atoms with Crippen molar-refractivity contribution in [3.8, 4) is 0 Å². The zero-order valence-corrected chi connectivity index (χ0v) is 14.0. The summed E-state index contributed by atoms with van der Waals surface area (Å²) in [4.78, 5) is 6.82. The highest BCUT2D eigenvalue weighted by Crippen LogP contribution is 2.15. The largest absolute Gasteiger partial charge is 0.305 e. The molecule has 0 aliphatic heterocycles. The molecule has 0 aliphatic rings. The lowest BCUT2D eigenvalue weighted by molar-refractivity contribution is 0.294. The fraction of sp³-hybridized carbons (Fsp3) is 0.471. The molecular formula is C17H25N3S. The van der Waals surface area contributed by atoms with E-state index in [1.165, 1.54) is 11.1 Å². The summed E-state index contributed by atoms with van der Waals surface area (Å²) in [6, 6.07) is 9.00. The van der Waals surface area contributed by atoms with E-state index in [-0.39, 0.29) is 6.04 Å². The molecule has 4 heteroatoms. The Morgan fingerprint density at radius 2 is 1.90 bits per heavy atom. The van der Waals surface area contributed by atoms with Crippen LogP contribution in [0.15, 0.2) is 35.2 Å². The van der Waals surface area contributed by atoms with Crippen LogP contribution in [0.25, 0.3) is 0 Å². The van der Waals surface area contributed by atoms with Gasteiger partial charge in [0, 0.05) is 24.5 Å². The van der Waals surface area contributed by atoms with Crippen LogP contribution in [0.4, 0.5) is 0 Å². The lowest BCUT2D eigenvalue weighted by Crippen LogP contribution is -2.24. The summed E-state index contributed by atoms with van der Waals surface area (Å²) < 4.78 is 0. The van der Waals surface area contributed by atoms with Gasteiger partial charge in [-0.1, -0.05) is 38.1 Å². The first kappa shape index (κ1) is 16.1. The Labute approximate surface area is 132 Å². The van der Waals surface area contributed by atoms with Crippen LogP contribution in [0, 0.1) is 0 Å². The summed E-state index contributed by atoms with van der Waals surface area (Å²) in [5.74, 6) is 0. The van der Waals surface area contributed by atoms with Gasteiger partial charge in [0.2, 0.25) is 0 Å². The minimum atomic E-state index is 0.290. The Hall–Kier alpha value is -1.23. The van der Waals surface area contributed by atoms with Gasteiger partial charge >= 0.3 is 0 Å². The van der Waals surface area contributed by atoms with Crippen molar-refractivity contribution in [2.45, 2.75) is 39.9 Å². The summed E-state index contributed by atoms with van der Waals surface area (Å²) in [5, 5.41) is 5.69.